The number of nitro groups is 1. The molecule has 0 unspecified atom stereocenters. The van der Waals surface area contributed by atoms with Crippen molar-refractivity contribution in [2.45, 2.75) is 201 Å². The summed E-state index contributed by atoms with van der Waals surface area (Å²) >= 11 is 0. The first kappa shape index (κ1) is 55.8. The molecule has 24 nitrogen and oxygen atoms in total. The predicted octanol–water partition coefficient (Wildman–Crippen LogP) is 0.0116. The van der Waals surface area contributed by atoms with Crippen LogP contribution in [0, 0.1) is 10.1 Å². The summed E-state index contributed by atoms with van der Waals surface area (Å²) in [5.41, 5.74) is -8.30. The van der Waals surface area contributed by atoms with E-state index >= 15 is 0 Å². The number of ether oxygens (including phenoxy) is 11. The van der Waals surface area contributed by atoms with E-state index in [0.29, 0.717) is 10.5 Å². The van der Waals surface area contributed by atoms with Crippen molar-refractivity contribution in [1.29, 1.82) is 0 Å². The zero-order valence-electron chi connectivity index (χ0n) is 44.2. The van der Waals surface area contributed by atoms with Gasteiger partial charge in [-0.15, -0.1) is 0 Å². The third-order valence-corrected chi connectivity index (χ3v) is 17.1. The Morgan fingerprint density at radius 1 is 0.707 bits per heavy atom. The molecule has 0 spiro atoms. The molecule has 24 heteroatoms. The largest absolute Gasteiger partial charge is 0.507 e. The average molecular weight is 1070 g/mol. The summed E-state index contributed by atoms with van der Waals surface area (Å²) in [5.74, 6) is -1.57. The van der Waals surface area contributed by atoms with Crippen LogP contribution in [0.5, 0.6) is 23.0 Å². The SMILES string of the molecule is CO[C@H]1[C@H](O[C@@H]2c3c(cc4c(O)c5ccc6c(c5c(O)c4c3O)O[C@@H]3O[C@@]6(C)[C@@H](O[C@H]4C[C@](C)([N+](=O)[O-])[C@H](O[C@@H]5O[C@@H](C)[C@H](O)[C@@](C)(O)[C@H]5OC)[C@@H](C)O4)[C@@H]([NH+](C)C)[C@@H]3O)C[C@](C)(O)[C@H]2OC)O[C@@H](C)[C@H](O)[C@@]1(C)O. The van der Waals surface area contributed by atoms with Crippen LogP contribution in [0.2, 0.25) is 0 Å². The lowest BCUT2D eigenvalue weighted by molar-refractivity contribution is -0.899. The van der Waals surface area contributed by atoms with Gasteiger partial charge in [0, 0.05) is 61.5 Å². The van der Waals surface area contributed by atoms with Crippen molar-refractivity contribution in [2.24, 2.45) is 0 Å². The van der Waals surface area contributed by atoms with Gasteiger partial charge in [-0.2, -0.15) is 0 Å². The maximum atomic E-state index is 13.2. The van der Waals surface area contributed by atoms with Crippen LogP contribution in [0.15, 0.2) is 18.2 Å². The van der Waals surface area contributed by atoms with Crippen LogP contribution in [0.1, 0.15) is 84.6 Å². The second kappa shape index (κ2) is 19.2. The number of methoxy groups -OCH3 is 3. The second-order valence-electron chi connectivity index (χ2n) is 22.6. The topological polar surface area (TPSA) is 331 Å². The van der Waals surface area contributed by atoms with Gasteiger partial charge in [-0.1, -0.05) is 6.07 Å². The molecule has 5 heterocycles. The number of rotatable bonds is 11. The number of hydrogen-bond donors (Lipinski definition) is 10. The van der Waals surface area contributed by atoms with Crippen molar-refractivity contribution >= 4 is 21.5 Å². The van der Waals surface area contributed by atoms with Gasteiger partial charge >= 0.3 is 0 Å². The molecule has 4 fully saturated rings. The van der Waals surface area contributed by atoms with E-state index in [1.165, 1.54) is 75.0 Å². The number of aliphatic hydroxyl groups excluding tert-OH is 3. The highest BCUT2D eigenvalue weighted by molar-refractivity contribution is 6.15. The Kier molecular flexibility index (Phi) is 14.3. The Balaban J connectivity index is 1.12. The molecule has 4 saturated heterocycles. The molecule has 22 atom stereocenters. The first-order valence-electron chi connectivity index (χ1n) is 25.1. The molecule has 9 rings (SSSR count). The van der Waals surface area contributed by atoms with Crippen LogP contribution in [0.3, 0.4) is 0 Å². The predicted molar refractivity (Wildman–Crippen MR) is 258 cm³/mol. The number of hydrogen-bond acceptors (Lipinski definition) is 22. The van der Waals surface area contributed by atoms with E-state index in [9.17, 15) is 56.1 Å². The van der Waals surface area contributed by atoms with Crippen LogP contribution >= 0.6 is 0 Å². The van der Waals surface area contributed by atoms with Crippen LogP contribution in [0.4, 0.5) is 0 Å². The number of likely N-dealkylation sites (N-methyl/N-ethyl adjacent to an activating group) is 1. The van der Waals surface area contributed by atoms with Crippen LogP contribution in [-0.2, 0) is 59.4 Å². The van der Waals surface area contributed by atoms with Crippen LogP contribution in [0.25, 0.3) is 21.5 Å². The molecule has 3 aromatic rings. The normalized spacial score (nSPS) is 44.8. The average Bonchev–Trinajstić information content (AvgIpc) is 3.31. The Morgan fingerprint density at radius 2 is 1.28 bits per heavy atom. The van der Waals surface area contributed by atoms with Gasteiger partial charge in [-0.3, -0.25) is 10.1 Å². The summed E-state index contributed by atoms with van der Waals surface area (Å²) in [6.45, 7) is 11.9. The molecule has 418 valence electrons. The minimum atomic E-state index is -1.93. The molecule has 0 radical (unpaired) electrons. The maximum absolute atomic E-state index is 13.2. The highest BCUT2D eigenvalue weighted by Crippen LogP contribution is 2.58. The van der Waals surface area contributed by atoms with Gasteiger partial charge < -0.3 is 103 Å². The zero-order chi connectivity index (χ0) is 55.1. The molecule has 0 amide bonds. The first-order valence-corrected chi connectivity index (χ1v) is 25.1. The standard InChI is InChI=1S/C51H72N2O22/c1-19-37(58)49(6,61)42(66-12)45(69-19)73-36-27-22(17-48(5,60)41(36)65-11)16-24-28(32(27)55)33(56)29-23(31(24)54)14-15-25-35(29)72-44-34(57)30(52(9)10)40(51(25,8)75-44)71-26-18-47(4,53(63)64)39(21(3)68-26)74-46-43(67-13)50(7,62)38(59)20(2)70-46/h14-16,19-21,26,30,34,36-46,54-62H,17-18H2,1-13H3/p+1/t19-,20-,21+,26-,30-,34-,36+,37-,38-,39+,40-,41-,42-,43-,44+,45-,46-,47-,48-,49+,50+,51+/m0/s1. The van der Waals surface area contributed by atoms with Gasteiger partial charge in [-0.25, -0.2) is 0 Å². The number of nitrogens with zero attached hydrogens (tertiary/aromatic N) is 1. The number of benzene rings is 3. The summed E-state index contributed by atoms with van der Waals surface area (Å²) in [7, 11) is 7.48. The zero-order valence-corrected chi connectivity index (χ0v) is 44.2. The number of nitrogens with one attached hydrogen (secondary N) is 1. The van der Waals surface area contributed by atoms with E-state index in [1.54, 1.807) is 34.0 Å². The number of phenols is 3. The first-order chi connectivity index (χ1) is 34.9. The molecule has 2 bridgehead atoms. The molecule has 1 aliphatic carbocycles. The third kappa shape index (κ3) is 8.45. The molecule has 3 aromatic carbocycles. The molecule has 0 saturated carbocycles. The van der Waals surface area contributed by atoms with Gasteiger partial charge in [0.1, 0.15) is 88.6 Å². The Bertz CT molecular complexity index is 2690. The van der Waals surface area contributed by atoms with E-state index in [1.807, 2.05) is 0 Å². The highest BCUT2D eigenvalue weighted by atomic mass is 16.8. The Labute approximate surface area is 432 Å². The van der Waals surface area contributed by atoms with Crippen molar-refractivity contribution in [3.05, 3.63) is 45.0 Å². The van der Waals surface area contributed by atoms with Gasteiger partial charge in [0.25, 0.3) is 5.54 Å². The lowest BCUT2D eigenvalue weighted by Gasteiger charge is -2.54. The number of phenolic OH excluding ortho intramolecular Hbond substituents is 3. The summed E-state index contributed by atoms with van der Waals surface area (Å²) in [5, 5.41) is 119. The summed E-state index contributed by atoms with van der Waals surface area (Å²) in [6, 6.07) is 3.79. The van der Waals surface area contributed by atoms with Crippen molar-refractivity contribution in [3.8, 4) is 23.0 Å². The summed E-state index contributed by atoms with van der Waals surface area (Å²) in [6.07, 6.45) is -20.8. The monoisotopic (exact) mass is 1070 g/mol. The van der Waals surface area contributed by atoms with Gasteiger partial charge in [-0.05, 0) is 66.2 Å². The van der Waals surface area contributed by atoms with Gasteiger partial charge in [0.05, 0.1) is 55.2 Å². The second-order valence-corrected chi connectivity index (χ2v) is 22.6. The van der Waals surface area contributed by atoms with Crippen molar-refractivity contribution in [2.75, 3.05) is 35.4 Å². The lowest BCUT2D eigenvalue weighted by Crippen LogP contribution is -3.14. The van der Waals surface area contributed by atoms with Crippen molar-refractivity contribution in [1.82, 2.24) is 0 Å². The van der Waals surface area contributed by atoms with E-state index in [0.717, 1.165) is 0 Å². The number of aromatic hydroxyl groups is 3. The molecule has 75 heavy (non-hydrogen) atoms. The molecular weight excluding hydrogens is 993 g/mol. The van der Waals surface area contributed by atoms with E-state index in [4.69, 9.17) is 52.1 Å². The van der Waals surface area contributed by atoms with Crippen molar-refractivity contribution in [3.63, 3.8) is 0 Å². The van der Waals surface area contributed by atoms with E-state index in [2.05, 4.69) is 0 Å². The Hall–Kier alpha value is -3.90. The lowest BCUT2D eigenvalue weighted by atomic mass is 9.75. The Morgan fingerprint density at radius 3 is 1.83 bits per heavy atom. The fraction of sp³-hybridized carbons (Fsp3) is 0.725. The fourth-order valence-corrected chi connectivity index (χ4v) is 13.0. The van der Waals surface area contributed by atoms with Crippen molar-refractivity contribution < 1.29 is 108 Å². The molecule has 6 aliphatic rings. The number of aliphatic hydroxyl groups is 6. The van der Waals surface area contributed by atoms with E-state index < -0.39 is 161 Å². The quantitative estimate of drug-likeness (QED) is 0.0523. The minimum absolute atomic E-state index is 0.00840. The third-order valence-electron chi connectivity index (χ3n) is 17.1. The van der Waals surface area contributed by atoms with Gasteiger partial charge in [0.15, 0.2) is 31.1 Å². The number of fused-ring (bicyclic) bond motifs is 8. The van der Waals surface area contributed by atoms with Crippen LogP contribution in [-0.4, -0.2) is 207 Å². The molecule has 0 aromatic heterocycles. The number of quaternary nitrogens is 1. The molecular formula is C51H73N2O22+. The maximum Gasteiger partial charge on any atom is 0.252 e. The van der Waals surface area contributed by atoms with Gasteiger partial charge in [0.2, 0.25) is 6.29 Å². The minimum Gasteiger partial charge on any atom is -0.507 e. The van der Waals surface area contributed by atoms with Crippen LogP contribution < -0.4 is 9.64 Å². The molecule has 10 N–H and O–H groups in total. The summed E-state index contributed by atoms with van der Waals surface area (Å²) < 4.78 is 68.0. The summed E-state index contributed by atoms with van der Waals surface area (Å²) in [4.78, 5) is 13.4. The smallest absolute Gasteiger partial charge is 0.252 e. The highest BCUT2D eigenvalue weighted by Gasteiger charge is 2.65. The molecule has 5 aliphatic heterocycles. The van der Waals surface area contributed by atoms with E-state index in [-0.39, 0.29) is 44.8 Å². The fourth-order valence-electron chi connectivity index (χ4n) is 13.0.